The first-order valence-electron chi connectivity index (χ1n) is 4.93. The quantitative estimate of drug-likeness (QED) is 0.573. The van der Waals surface area contributed by atoms with Gasteiger partial charge in [-0.1, -0.05) is 6.92 Å². The third-order valence-corrected chi connectivity index (χ3v) is 3.26. The summed E-state index contributed by atoms with van der Waals surface area (Å²) in [4.78, 5) is 8.19. The number of nitrogen functional groups attached to an aromatic ring is 1. The normalized spacial score (nSPS) is 23.7. The number of hydrogen-bond donors (Lipinski definition) is 3. The molecule has 0 aromatic carbocycles. The van der Waals surface area contributed by atoms with Crippen molar-refractivity contribution in [1.29, 1.82) is 0 Å². The van der Waals surface area contributed by atoms with Crippen LogP contribution >= 0.6 is 15.9 Å². The van der Waals surface area contributed by atoms with Crippen molar-refractivity contribution in [3.8, 4) is 0 Å². The van der Waals surface area contributed by atoms with Gasteiger partial charge in [0.25, 0.3) is 0 Å². The van der Waals surface area contributed by atoms with Crippen LogP contribution in [0, 0.1) is 11.8 Å². The minimum atomic E-state index is 0.421. The molecule has 1 aromatic heterocycles. The highest BCUT2D eigenvalue weighted by molar-refractivity contribution is 9.10. The Labute approximate surface area is 97.0 Å². The highest BCUT2D eigenvalue weighted by Gasteiger charge is 2.32. The minimum Gasteiger partial charge on any atom is -0.369 e. The van der Waals surface area contributed by atoms with Crippen molar-refractivity contribution < 1.29 is 0 Å². The third kappa shape index (κ3) is 2.57. The second kappa shape index (κ2) is 4.32. The Morgan fingerprint density at radius 2 is 2.40 bits per heavy atom. The van der Waals surface area contributed by atoms with E-state index < -0.39 is 0 Å². The number of hydrazine groups is 1. The van der Waals surface area contributed by atoms with Gasteiger partial charge in [0.15, 0.2) is 0 Å². The summed E-state index contributed by atoms with van der Waals surface area (Å²) in [6.45, 7) is 3.22. The molecule has 4 N–H and O–H groups in total. The van der Waals surface area contributed by atoms with Crippen LogP contribution in [-0.2, 0) is 0 Å². The van der Waals surface area contributed by atoms with Crippen molar-refractivity contribution in [3.63, 3.8) is 0 Å². The number of hydrogen-bond acceptors (Lipinski definition) is 5. The Balaban J connectivity index is 1.99. The molecule has 15 heavy (non-hydrogen) atoms. The van der Waals surface area contributed by atoms with Crippen LogP contribution in [0.5, 0.6) is 0 Å². The van der Waals surface area contributed by atoms with Crippen LogP contribution < -0.4 is 16.6 Å². The van der Waals surface area contributed by atoms with E-state index >= 15 is 0 Å². The van der Waals surface area contributed by atoms with Crippen molar-refractivity contribution in [2.24, 2.45) is 17.7 Å². The van der Waals surface area contributed by atoms with E-state index in [1.54, 1.807) is 6.20 Å². The van der Waals surface area contributed by atoms with E-state index in [0.717, 1.165) is 28.7 Å². The van der Waals surface area contributed by atoms with Crippen LogP contribution in [0.15, 0.2) is 10.7 Å². The van der Waals surface area contributed by atoms with Crippen LogP contribution in [0.3, 0.4) is 0 Å². The fourth-order valence-electron chi connectivity index (χ4n) is 1.47. The fraction of sp³-hybridized carbons (Fsp3) is 0.556. The second-order valence-electron chi connectivity index (χ2n) is 3.89. The fourth-order valence-corrected chi connectivity index (χ4v) is 1.80. The average molecular weight is 272 g/mol. The number of nitrogens with zero attached hydrogens (tertiary/aromatic N) is 2. The predicted octanol–water partition coefficient (Wildman–Crippen LogP) is 1.59. The van der Waals surface area contributed by atoms with E-state index in [2.05, 4.69) is 43.6 Å². The molecule has 1 aliphatic carbocycles. The van der Waals surface area contributed by atoms with Crippen LogP contribution in [0.4, 0.5) is 11.8 Å². The van der Waals surface area contributed by atoms with Crippen LogP contribution in [0.1, 0.15) is 13.3 Å². The van der Waals surface area contributed by atoms with Crippen LogP contribution in [-0.4, -0.2) is 16.5 Å². The molecule has 1 saturated carbocycles. The molecule has 0 radical (unpaired) electrons. The van der Waals surface area contributed by atoms with Gasteiger partial charge in [-0.3, -0.25) is 5.43 Å². The molecule has 0 spiro atoms. The highest BCUT2D eigenvalue weighted by atomic mass is 79.9. The maximum Gasteiger partial charge on any atom is 0.239 e. The summed E-state index contributed by atoms with van der Waals surface area (Å²) in [6, 6.07) is 0. The first-order chi connectivity index (χ1) is 7.20. The molecular weight excluding hydrogens is 258 g/mol. The molecule has 0 amide bonds. The number of nitrogens with one attached hydrogen (secondary N) is 2. The van der Waals surface area contributed by atoms with Crippen LogP contribution in [0.2, 0.25) is 0 Å². The Morgan fingerprint density at radius 1 is 1.67 bits per heavy atom. The van der Waals surface area contributed by atoms with E-state index in [1.165, 1.54) is 6.42 Å². The molecule has 1 aliphatic rings. The number of halogens is 1. The molecule has 2 rings (SSSR count). The first kappa shape index (κ1) is 10.6. The number of rotatable bonds is 4. The zero-order chi connectivity index (χ0) is 10.8. The summed E-state index contributed by atoms with van der Waals surface area (Å²) in [7, 11) is 0. The maximum atomic E-state index is 5.24. The largest absolute Gasteiger partial charge is 0.369 e. The molecular formula is C9H14BrN5. The van der Waals surface area contributed by atoms with Gasteiger partial charge in [-0.05, 0) is 34.2 Å². The SMILES string of the molecule is CC1CC1CNc1nc(NN)ncc1Br. The van der Waals surface area contributed by atoms with E-state index in [1.807, 2.05) is 0 Å². The van der Waals surface area contributed by atoms with E-state index in [0.29, 0.717) is 5.95 Å². The summed E-state index contributed by atoms with van der Waals surface area (Å²) >= 11 is 3.39. The van der Waals surface area contributed by atoms with Crippen LogP contribution in [0.25, 0.3) is 0 Å². The van der Waals surface area contributed by atoms with Gasteiger partial charge in [0, 0.05) is 12.7 Å². The molecule has 2 unspecified atom stereocenters. The lowest BCUT2D eigenvalue weighted by Gasteiger charge is -2.07. The van der Waals surface area contributed by atoms with Crippen molar-refractivity contribution in [2.75, 3.05) is 17.3 Å². The summed E-state index contributed by atoms with van der Waals surface area (Å²) < 4.78 is 0.856. The minimum absolute atomic E-state index is 0.421. The molecule has 1 fully saturated rings. The summed E-state index contributed by atoms with van der Waals surface area (Å²) in [5.41, 5.74) is 2.42. The zero-order valence-electron chi connectivity index (χ0n) is 8.50. The van der Waals surface area contributed by atoms with Gasteiger partial charge in [-0.15, -0.1) is 0 Å². The van der Waals surface area contributed by atoms with E-state index in [-0.39, 0.29) is 0 Å². The van der Waals surface area contributed by atoms with Crippen molar-refractivity contribution in [2.45, 2.75) is 13.3 Å². The smallest absolute Gasteiger partial charge is 0.239 e. The Morgan fingerprint density at radius 3 is 3.00 bits per heavy atom. The summed E-state index contributed by atoms with van der Waals surface area (Å²) in [5.74, 6) is 8.07. The van der Waals surface area contributed by atoms with Gasteiger partial charge in [-0.2, -0.15) is 4.98 Å². The topological polar surface area (TPSA) is 75.9 Å². The van der Waals surface area contributed by atoms with Gasteiger partial charge < -0.3 is 5.32 Å². The molecule has 0 saturated heterocycles. The van der Waals surface area contributed by atoms with Gasteiger partial charge >= 0.3 is 0 Å². The van der Waals surface area contributed by atoms with Gasteiger partial charge in [0.1, 0.15) is 5.82 Å². The molecule has 1 heterocycles. The highest BCUT2D eigenvalue weighted by Crippen LogP contribution is 2.37. The lowest BCUT2D eigenvalue weighted by molar-refractivity contribution is 0.783. The average Bonchev–Trinajstić information content (AvgIpc) is 2.94. The molecule has 0 aliphatic heterocycles. The van der Waals surface area contributed by atoms with E-state index in [4.69, 9.17) is 5.84 Å². The lowest BCUT2D eigenvalue weighted by Crippen LogP contribution is -2.13. The Hall–Kier alpha value is -0.880. The van der Waals surface area contributed by atoms with Gasteiger partial charge in [-0.25, -0.2) is 10.8 Å². The molecule has 0 bridgehead atoms. The number of aromatic nitrogens is 2. The predicted molar refractivity (Wildman–Crippen MR) is 63.3 cm³/mol. The van der Waals surface area contributed by atoms with Gasteiger partial charge in [0.05, 0.1) is 4.47 Å². The zero-order valence-corrected chi connectivity index (χ0v) is 10.1. The number of nitrogens with two attached hydrogens (primary N) is 1. The molecule has 1 aromatic rings. The van der Waals surface area contributed by atoms with Gasteiger partial charge in [0.2, 0.25) is 5.95 Å². The molecule has 5 nitrogen and oxygen atoms in total. The molecule has 82 valence electrons. The first-order valence-corrected chi connectivity index (χ1v) is 5.73. The summed E-state index contributed by atoms with van der Waals surface area (Å²) in [6.07, 6.45) is 2.98. The lowest BCUT2D eigenvalue weighted by atomic mass is 10.3. The van der Waals surface area contributed by atoms with Crippen molar-refractivity contribution in [3.05, 3.63) is 10.7 Å². The standard InChI is InChI=1S/C9H14BrN5/c1-5-2-6(5)3-12-8-7(10)4-13-9(14-8)15-11/h4-6H,2-3,11H2,1H3,(H2,12,13,14,15). The monoisotopic (exact) mass is 271 g/mol. The molecule has 2 atom stereocenters. The molecule has 6 heteroatoms. The summed E-state index contributed by atoms with van der Waals surface area (Å²) in [5, 5.41) is 3.29. The third-order valence-electron chi connectivity index (χ3n) is 2.68. The van der Waals surface area contributed by atoms with Crippen molar-refractivity contribution >= 4 is 27.7 Å². The second-order valence-corrected chi connectivity index (χ2v) is 4.74. The van der Waals surface area contributed by atoms with E-state index in [9.17, 15) is 0 Å². The Kier molecular flexibility index (Phi) is 3.06. The number of anilines is 2. The maximum absolute atomic E-state index is 5.24. The van der Waals surface area contributed by atoms with Crippen molar-refractivity contribution in [1.82, 2.24) is 9.97 Å². The Bertz CT molecular complexity index is 356.